The molecule has 0 unspecified atom stereocenters. The first-order valence-electron chi connectivity index (χ1n) is 6.96. The van der Waals surface area contributed by atoms with E-state index >= 15 is 0 Å². The van der Waals surface area contributed by atoms with E-state index < -0.39 is 0 Å². The molecular formula is C15H20N4O. The van der Waals surface area contributed by atoms with E-state index in [0.29, 0.717) is 6.04 Å². The molecule has 3 rings (SSSR count). The molecule has 0 spiro atoms. The molecule has 5 heteroatoms. The molecule has 1 aliphatic rings. The van der Waals surface area contributed by atoms with Crippen LogP contribution in [0.3, 0.4) is 0 Å². The third-order valence-corrected chi connectivity index (χ3v) is 3.81. The minimum Gasteiger partial charge on any atom is -0.497 e. The largest absolute Gasteiger partial charge is 0.497 e. The Morgan fingerprint density at radius 3 is 2.85 bits per heavy atom. The first kappa shape index (κ1) is 13.0. The van der Waals surface area contributed by atoms with E-state index in [1.54, 1.807) is 7.11 Å². The van der Waals surface area contributed by atoms with Crippen molar-refractivity contribution >= 4 is 5.82 Å². The van der Waals surface area contributed by atoms with Crippen LogP contribution in [0.25, 0.3) is 11.3 Å². The zero-order valence-electron chi connectivity index (χ0n) is 11.7. The molecule has 20 heavy (non-hydrogen) atoms. The van der Waals surface area contributed by atoms with Crippen LogP contribution in [0.15, 0.2) is 30.3 Å². The molecule has 0 atom stereocenters. The lowest BCUT2D eigenvalue weighted by Crippen LogP contribution is -2.39. The fourth-order valence-electron chi connectivity index (χ4n) is 2.54. The lowest BCUT2D eigenvalue weighted by atomic mass is 10.1. The molecule has 0 saturated carbocycles. The quantitative estimate of drug-likeness (QED) is 0.897. The predicted molar refractivity (Wildman–Crippen MR) is 80.0 cm³/mol. The standard InChI is InChI=1S/C15H20N4O/c1-20-13-4-2-3-11(9-13)14-10-15(18-17-14)19-7-5-12(16)6-8-19/h2-4,9-10,12H,5-8,16H2,1H3,(H,17,18). The number of benzene rings is 1. The molecular weight excluding hydrogens is 252 g/mol. The number of hydrogen-bond acceptors (Lipinski definition) is 4. The monoisotopic (exact) mass is 272 g/mol. The Kier molecular flexibility index (Phi) is 3.60. The van der Waals surface area contributed by atoms with Crippen molar-refractivity contribution in [3.63, 3.8) is 0 Å². The zero-order chi connectivity index (χ0) is 13.9. The molecule has 1 aromatic carbocycles. The predicted octanol–water partition coefficient (Wildman–Crippen LogP) is 2.01. The zero-order valence-corrected chi connectivity index (χ0v) is 11.7. The van der Waals surface area contributed by atoms with Gasteiger partial charge in [-0.25, -0.2) is 0 Å². The highest BCUT2D eigenvalue weighted by atomic mass is 16.5. The third kappa shape index (κ3) is 2.63. The Bertz CT molecular complexity index is 573. The second-order valence-corrected chi connectivity index (χ2v) is 5.20. The number of nitrogens with two attached hydrogens (primary N) is 1. The van der Waals surface area contributed by atoms with Gasteiger partial charge in [0.25, 0.3) is 0 Å². The van der Waals surface area contributed by atoms with Crippen molar-refractivity contribution in [2.24, 2.45) is 5.73 Å². The maximum absolute atomic E-state index is 5.93. The Morgan fingerprint density at radius 1 is 1.30 bits per heavy atom. The highest BCUT2D eigenvalue weighted by Gasteiger charge is 2.18. The van der Waals surface area contributed by atoms with E-state index in [4.69, 9.17) is 10.5 Å². The van der Waals surface area contributed by atoms with Crippen LogP contribution in [0, 0.1) is 0 Å². The van der Waals surface area contributed by atoms with Crippen molar-refractivity contribution in [3.05, 3.63) is 30.3 Å². The van der Waals surface area contributed by atoms with E-state index in [-0.39, 0.29) is 0 Å². The third-order valence-electron chi connectivity index (χ3n) is 3.81. The number of methoxy groups -OCH3 is 1. The summed E-state index contributed by atoms with van der Waals surface area (Å²) in [6.07, 6.45) is 2.06. The normalized spacial score (nSPS) is 16.4. The summed E-state index contributed by atoms with van der Waals surface area (Å²) in [5.41, 5.74) is 8.02. The van der Waals surface area contributed by atoms with Crippen LogP contribution in [0.5, 0.6) is 5.75 Å². The minimum absolute atomic E-state index is 0.336. The first-order valence-corrected chi connectivity index (χ1v) is 6.96. The molecule has 3 N–H and O–H groups in total. The molecule has 1 aliphatic heterocycles. The summed E-state index contributed by atoms with van der Waals surface area (Å²) in [4.78, 5) is 2.28. The number of H-pyrrole nitrogens is 1. The van der Waals surface area contributed by atoms with Crippen molar-refractivity contribution in [1.82, 2.24) is 10.2 Å². The summed E-state index contributed by atoms with van der Waals surface area (Å²) in [7, 11) is 1.68. The smallest absolute Gasteiger partial charge is 0.150 e. The topological polar surface area (TPSA) is 67.2 Å². The van der Waals surface area contributed by atoms with Gasteiger partial charge in [0.15, 0.2) is 5.82 Å². The average Bonchev–Trinajstić information content (AvgIpc) is 2.98. The van der Waals surface area contributed by atoms with Crippen molar-refractivity contribution in [3.8, 4) is 17.0 Å². The summed E-state index contributed by atoms with van der Waals surface area (Å²) in [5, 5.41) is 7.52. The van der Waals surface area contributed by atoms with Crippen LogP contribution < -0.4 is 15.4 Å². The van der Waals surface area contributed by atoms with Crippen molar-refractivity contribution in [1.29, 1.82) is 0 Å². The summed E-state index contributed by atoms with van der Waals surface area (Å²) in [6.45, 7) is 1.95. The molecule has 0 amide bonds. The number of anilines is 1. The number of piperidine rings is 1. The second kappa shape index (κ2) is 5.54. The molecule has 2 aromatic rings. The van der Waals surface area contributed by atoms with E-state index in [2.05, 4.69) is 21.2 Å². The molecule has 2 heterocycles. The van der Waals surface area contributed by atoms with Gasteiger partial charge in [-0.15, -0.1) is 0 Å². The van der Waals surface area contributed by atoms with E-state index in [1.165, 1.54) is 0 Å². The molecule has 5 nitrogen and oxygen atoms in total. The number of ether oxygens (including phenoxy) is 1. The molecule has 0 bridgehead atoms. The lowest BCUT2D eigenvalue weighted by molar-refractivity contribution is 0.415. The van der Waals surface area contributed by atoms with Crippen LogP contribution in [-0.4, -0.2) is 36.4 Å². The average molecular weight is 272 g/mol. The highest BCUT2D eigenvalue weighted by molar-refractivity contribution is 5.64. The Balaban J connectivity index is 1.79. The fraction of sp³-hybridized carbons (Fsp3) is 0.400. The van der Waals surface area contributed by atoms with Crippen molar-refractivity contribution in [2.45, 2.75) is 18.9 Å². The fourth-order valence-corrected chi connectivity index (χ4v) is 2.54. The van der Waals surface area contributed by atoms with E-state index in [0.717, 1.165) is 48.8 Å². The van der Waals surface area contributed by atoms with Crippen LogP contribution in [0.1, 0.15) is 12.8 Å². The van der Waals surface area contributed by atoms with Crippen LogP contribution >= 0.6 is 0 Å². The van der Waals surface area contributed by atoms with Gasteiger partial charge in [-0.2, -0.15) is 5.10 Å². The Morgan fingerprint density at radius 2 is 2.10 bits per heavy atom. The van der Waals surface area contributed by atoms with Gasteiger partial charge in [0, 0.05) is 30.8 Å². The van der Waals surface area contributed by atoms with Gasteiger partial charge >= 0.3 is 0 Å². The molecule has 1 fully saturated rings. The van der Waals surface area contributed by atoms with Gasteiger partial charge in [-0.1, -0.05) is 12.1 Å². The second-order valence-electron chi connectivity index (χ2n) is 5.20. The summed E-state index contributed by atoms with van der Waals surface area (Å²) < 4.78 is 5.25. The number of nitrogens with one attached hydrogen (secondary N) is 1. The first-order chi connectivity index (χ1) is 9.76. The number of nitrogens with zero attached hydrogens (tertiary/aromatic N) is 2. The highest BCUT2D eigenvalue weighted by Crippen LogP contribution is 2.26. The van der Waals surface area contributed by atoms with E-state index in [1.807, 2.05) is 24.3 Å². The van der Waals surface area contributed by atoms with Gasteiger partial charge in [0.1, 0.15) is 5.75 Å². The Hall–Kier alpha value is -2.01. The van der Waals surface area contributed by atoms with Crippen molar-refractivity contribution < 1.29 is 4.74 Å². The Labute approximate surface area is 118 Å². The van der Waals surface area contributed by atoms with Crippen LogP contribution in [-0.2, 0) is 0 Å². The minimum atomic E-state index is 0.336. The van der Waals surface area contributed by atoms with E-state index in [9.17, 15) is 0 Å². The number of rotatable bonds is 3. The van der Waals surface area contributed by atoms with Gasteiger partial charge in [0.2, 0.25) is 0 Å². The molecule has 0 radical (unpaired) electrons. The van der Waals surface area contributed by atoms with Gasteiger partial charge in [-0.05, 0) is 25.0 Å². The molecule has 106 valence electrons. The number of hydrogen-bond donors (Lipinski definition) is 2. The van der Waals surface area contributed by atoms with Crippen LogP contribution in [0.2, 0.25) is 0 Å². The number of aromatic amines is 1. The number of aromatic nitrogens is 2. The van der Waals surface area contributed by atoms with Gasteiger partial charge < -0.3 is 15.4 Å². The summed E-state index contributed by atoms with van der Waals surface area (Å²) >= 11 is 0. The maximum Gasteiger partial charge on any atom is 0.150 e. The molecule has 1 saturated heterocycles. The van der Waals surface area contributed by atoms with Gasteiger partial charge in [0.05, 0.1) is 12.8 Å². The van der Waals surface area contributed by atoms with Gasteiger partial charge in [-0.3, -0.25) is 5.10 Å². The van der Waals surface area contributed by atoms with Crippen LogP contribution in [0.4, 0.5) is 5.82 Å². The molecule has 1 aromatic heterocycles. The lowest BCUT2D eigenvalue weighted by Gasteiger charge is -2.29. The summed E-state index contributed by atoms with van der Waals surface area (Å²) in [6, 6.07) is 10.4. The SMILES string of the molecule is COc1cccc(-c2cc(N3CCC(N)CC3)n[nH]2)c1. The molecule has 0 aliphatic carbocycles. The summed E-state index contributed by atoms with van der Waals surface area (Å²) in [5.74, 6) is 1.84. The maximum atomic E-state index is 5.93. The van der Waals surface area contributed by atoms with Crippen molar-refractivity contribution in [2.75, 3.05) is 25.1 Å².